The first-order valence-corrected chi connectivity index (χ1v) is 8.94. The van der Waals surface area contributed by atoms with Gasteiger partial charge in [-0.3, -0.25) is 4.79 Å². The van der Waals surface area contributed by atoms with E-state index in [1.165, 1.54) is 12.2 Å². The molecule has 26 heavy (non-hydrogen) atoms. The van der Waals surface area contributed by atoms with Crippen LogP contribution in [-0.4, -0.2) is 29.1 Å². The van der Waals surface area contributed by atoms with Crippen molar-refractivity contribution in [2.24, 2.45) is 11.3 Å². The molecular formula is C21H31NO4. The molecule has 144 valence electrons. The van der Waals surface area contributed by atoms with E-state index in [-0.39, 0.29) is 35.1 Å². The first kappa shape index (κ1) is 21.7. The third-order valence-corrected chi connectivity index (χ3v) is 4.50. The second-order valence-electron chi connectivity index (χ2n) is 7.85. The van der Waals surface area contributed by atoms with Crippen LogP contribution in [0.2, 0.25) is 0 Å². The Hall–Kier alpha value is -2.30. The van der Waals surface area contributed by atoms with Gasteiger partial charge in [0.15, 0.2) is 5.76 Å². The second-order valence-corrected chi connectivity index (χ2v) is 7.85. The lowest BCUT2D eigenvalue weighted by atomic mass is 9.88. The van der Waals surface area contributed by atoms with Crippen molar-refractivity contribution in [1.29, 1.82) is 0 Å². The largest absolute Gasteiger partial charge is 0.502 e. The zero-order chi connectivity index (χ0) is 19.9. The zero-order valence-corrected chi connectivity index (χ0v) is 16.6. The van der Waals surface area contributed by atoms with Crippen LogP contribution in [0.25, 0.3) is 0 Å². The van der Waals surface area contributed by atoms with Crippen molar-refractivity contribution < 1.29 is 19.4 Å². The van der Waals surface area contributed by atoms with Gasteiger partial charge in [-0.2, -0.15) is 0 Å². The quantitative estimate of drug-likeness (QED) is 0.426. The van der Waals surface area contributed by atoms with Gasteiger partial charge in [0.2, 0.25) is 5.91 Å². The van der Waals surface area contributed by atoms with Gasteiger partial charge in [0, 0.05) is 24.5 Å². The molecule has 0 fully saturated rings. The van der Waals surface area contributed by atoms with Gasteiger partial charge in [-0.15, -0.1) is 0 Å². The van der Waals surface area contributed by atoms with E-state index >= 15 is 0 Å². The number of carbonyl (C=O) groups excluding carboxylic acids is 2. The van der Waals surface area contributed by atoms with E-state index in [0.717, 1.165) is 5.57 Å². The number of aliphatic hydroxyl groups excluding tert-OH is 1. The smallest absolute Gasteiger partial charge is 0.373 e. The van der Waals surface area contributed by atoms with Crippen molar-refractivity contribution in [2.75, 3.05) is 0 Å². The maximum atomic E-state index is 11.9. The molecule has 5 nitrogen and oxygen atoms in total. The van der Waals surface area contributed by atoms with Crippen LogP contribution >= 0.6 is 0 Å². The highest BCUT2D eigenvalue weighted by Gasteiger charge is 2.25. The van der Waals surface area contributed by atoms with Crippen molar-refractivity contribution in [2.45, 2.75) is 60.1 Å². The summed E-state index contributed by atoms with van der Waals surface area (Å²) in [4.78, 5) is 23.3. The maximum absolute atomic E-state index is 11.9. The molecule has 1 amide bonds. The third-order valence-electron chi connectivity index (χ3n) is 4.50. The number of rotatable bonds is 6. The van der Waals surface area contributed by atoms with Gasteiger partial charge >= 0.3 is 5.97 Å². The van der Waals surface area contributed by atoms with E-state index < -0.39 is 5.97 Å². The fraction of sp³-hybridized carbons (Fsp3) is 0.524. The number of carbonyl (C=O) groups is 2. The monoisotopic (exact) mass is 361 g/mol. The molecule has 0 bridgehead atoms. The standard InChI is InChI=1S/C21H31NO4/c1-14(13-15(2)18-12-11-17(23)20(25)26-18)9-7-8-10-19(24)22-16(3)21(4,5)6/h7-11,13,15-16,18,23H,12H2,1-6H3,(H,22,24)/b9-7+,10-8+,14-13+. The summed E-state index contributed by atoms with van der Waals surface area (Å²) in [5, 5.41) is 12.2. The van der Waals surface area contributed by atoms with Crippen molar-refractivity contribution in [1.82, 2.24) is 5.32 Å². The van der Waals surface area contributed by atoms with Gasteiger partial charge in [-0.25, -0.2) is 4.79 Å². The zero-order valence-electron chi connectivity index (χ0n) is 16.6. The molecule has 1 aliphatic heterocycles. The molecule has 0 aliphatic carbocycles. The van der Waals surface area contributed by atoms with Crippen LogP contribution in [0.5, 0.6) is 0 Å². The van der Waals surface area contributed by atoms with E-state index in [2.05, 4.69) is 26.1 Å². The molecule has 0 aromatic carbocycles. The number of esters is 1. The molecule has 3 atom stereocenters. The van der Waals surface area contributed by atoms with Crippen molar-refractivity contribution in [3.8, 4) is 0 Å². The number of cyclic esters (lactones) is 1. The molecule has 0 spiro atoms. The van der Waals surface area contributed by atoms with Crippen LogP contribution in [0.1, 0.15) is 48.0 Å². The van der Waals surface area contributed by atoms with E-state index in [0.29, 0.717) is 6.42 Å². The minimum Gasteiger partial charge on any atom is -0.502 e. The molecule has 0 aromatic rings. The van der Waals surface area contributed by atoms with Crippen LogP contribution in [0.3, 0.4) is 0 Å². The minimum absolute atomic E-state index is 0.0172. The lowest BCUT2D eigenvalue weighted by Gasteiger charge is -2.27. The van der Waals surface area contributed by atoms with Gasteiger partial charge in [0.1, 0.15) is 6.10 Å². The van der Waals surface area contributed by atoms with E-state index in [1.54, 1.807) is 12.2 Å². The Balaban J connectivity index is 2.53. The highest BCUT2D eigenvalue weighted by molar-refractivity contribution is 5.88. The Kier molecular flexibility index (Phi) is 7.87. The summed E-state index contributed by atoms with van der Waals surface area (Å²) in [6.45, 7) is 12.1. The summed E-state index contributed by atoms with van der Waals surface area (Å²) in [7, 11) is 0. The maximum Gasteiger partial charge on any atom is 0.373 e. The molecule has 1 heterocycles. The molecule has 3 unspecified atom stereocenters. The fourth-order valence-corrected chi connectivity index (χ4v) is 2.28. The minimum atomic E-state index is -0.673. The predicted octanol–water partition coefficient (Wildman–Crippen LogP) is 3.99. The Labute approximate surface area is 156 Å². The van der Waals surface area contributed by atoms with Crippen LogP contribution < -0.4 is 5.32 Å². The number of allylic oxidation sites excluding steroid dienone is 4. The molecule has 5 heteroatoms. The highest BCUT2D eigenvalue weighted by Crippen LogP contribution is 2.21. The Morgan fingerprint density at radius 3 is 2.50 bits per heavy atom. The first-order valence-electron chi connectivity index (χ1n) is 8.94. The van der Waals surface area contributed by atoms with Gasteiger partial charge in [0.05, 0.1) is 0 Å². The molecule has 0 saturated heterocycles. The Morgan fingerprint density at radius 2 is 1.92 bits per heavy atom. The van der Waals surface area contributed by atoms with Crippen LogP contribution in [0, 0.1) is 11.3 Å². The summed E-state index contributed by atoms with van der Waals surface area (Å²) < 4.78 is 5.19. The summed E-state index contributed by atoms with van der Waals surface area (Å²) in [5.41, 5.74) is 1.02. The molecule has 0 saturated carbocycles. The molecular weight excluding hydrogens is 330 g/mol. The van der Waals surface area contributed by atoms with Gasteiger partial charge < -0.3 is 15.2 Å². The van der Waals surface area contributed by atoms with Crippen molar-refractivity contribution in [3.63, 3.8) is 0 Å². The SMILES string of the molecule is CC(/C=C/C=C/C(=O)NC(C)C(C)(C)C)=C\C(C)C1CC=C(O)C(=O)O1. The van der Waals surface area contributed by atoms with Crippen molar-refractivity contribution in [3.05, 3.63) is 47.8 Å². The average molecular weight is 361 g/mol. The normalized spacial score (nSPS) is 21.5. The van der Waals surface area contributed by atoms with E-state index in [9.17, 15) is 14.7 Å². The fourth-order valence-electron chi connectivity index (χ4n) is 2.28. The number of aliphatic hydroxyl groups is 1. The van der Waals surface area contributed by atoms with Gasteiger partial charge in [0.25, 0.3) is 0 Å². The average Bonchev–Trinajstić information content (AvgIpc) is 2.53. The lowest BCUT2D eigenvalue weighted by Crippen LogP contribution is -2.40. The van der Waals surface area contributed by atoms with Gasteiger partial charge in [-0.1, -0.05) is 57.6 Å². The number of hydrogen-bond acceptors (Lipinski definition) is 4. The van der Waals surface area contributed by atoms with Gasteiger partial charge in [-0.05, 0) is 25.3 Å². The molecule has 0 radical (unpaired) electrons. The Morgan fingerprint density at radius 1 is 1.31 bits per heavy atom. The summed E-state index contributed by atoms with van der Waals surface area (Å²) in [6, 6.07) is 0.0813. The molecule has 1 rings (SSSR count). The van der Waals surface area contributed by atoms with Crippen molar-refractivity contribution >= 4 is 11.9 Å². The van der Waals surface area contributed by atoms with E-state index in [4.69, 9.17) is 4.74 Å². The third kappa shape index (κ3) is 7.30. The van der Waals surface area contributed by atoms with E-state index in [1.807, 2.05) is 32.9 Å². The predicted molar refractivity (Wildman–Crippen MR) is 103 cm³/mol. The second kappa shape index (κ2) is 9.41. The summed E-state index contributed by atoms with van der Waals surface area (Å²) in [6.07, 6.45) is 10.6. The lowest BCUT2D eigenvalue weighted by molar-refractivity contribution is -0.150. The van der Waals surface area contributed by atoms with Crippen LogP contribution in [0.4, 0.5) is 0 Å². The van der Waals surface area contributed by atoms with Crippen LogP contribution in [0.15, 0.2) is 47.8 Å². The number of amides is 1. The molecule has 0 aromatic heterocycles. The summed E-state index contributed by atoms with van der Waals surface area (Å²) >= 11 is 0. The highest BCUT2D eigenvalue weighted by atomic mass is 16.6. The Bertz CT molecular complexity index is 635. The number of nitrogens with one attached hydrogen (secondary N) is 1. The number of hydrogen-bond donors (Lipinski definition) is 2. The first-order chi connectivity index (χ1) is 12.0. The topological polar surface area (TPSA) is 75.6 Å². The molecule has 1 aliphatic rings. The molecule has 2 N–H and O–H groups in total. The summed E-state index contributed by atoms with van der Waals surface area (Å²) in [5.74, 6) is -1.09. The van der Waals surface area contributed by atoms with Crippen LogP contribution in [-0.2, 0) is 14.3 Å². The number of ether oxygens (including phenoxy) is 1.